The minimum absolute atomic E-state index is 0.0110. The van der Waals surface area contributed by atoms with Crippen molar-refractivity contribution in [3.63, 3.8) is 0 Å². The smallest absolute Gasteiger partial charge is 0.323 e. The number of nitrogens with one attached hydrogen (secondary N) is 1. The van der Waals surface area contributed by atoms with Gasteiger partial charge in [-0.3, -0.25) is 10.00 Å². The quantitative estimate of drug-likeness (QED) is 0.503. The van der Waals surface area contributed by atoms with Crippen molar-refractivity contribution in [3.8, 4) is 11.1 Å². The van der Waals surface area contributed by atoms with Crippen LogP contribution in [-0.4, -0.2) is 21.2 Å². The fourth-order valence-corrected chi connectivity index (χ4v) is 3.07. The number of anilines is 3. The van der Waals surface area contributed by atoms with E-state index >= 15 is 0 Å². The Morgan fingerprint density at radius 1 is 1.00 bits per heavy atom. The zero-order valence-electron chi connectivity index (χ0n) is 14.4. The van der Waals surface area contributed by atoms with Crippen LogP contribution in [0.5, 0.6) is 0 Å². The van der Waals surface area contributed by atoms with Crippen molar-refractivity contribution in [2.75, 3.05) is 10.6 Å². The standard InChI is InChI=1S/C19H14F2N6O/c20-11-7-12(21)9-14(8-11)27(19(23)28)13-3-1-10(2-4-13)15-5-6-24-18-16(15)17(22)25-26-18/h1-9H,(H2,23,28)(H3,22,24,25,26). The fourth-order valence-electron chi connectivity index (χ4n) is 3.07. The first-order chi connectivity index (χ1) is 13.4. The van der Waals surface area contributed by atoms with Crippen LogP contribution in [0.2, 0.25) is 0 Å². The summed E-state index contributed by atoms with van der Waals surface area (Å²) in [6, 6.07) is 10.4. The van der Waals surface area contributed by atoms with Crippen LogP contribution in [0.1, 0.15) is 0 Å². The molecule has 0 atom stereocenters. The average Bonchev–Trinajstić information content (AvgIpc) is 3.03. The third kappa shape index (κ3) is 2.98. The Hall–Kier alpha value is -4.01. The number of nitrogen functional groups attached to an aromatic ring is 1. The van der Waals surface area contributed by atoms with Gasteiger partial charge in [0.25, 0.3) is 0 Å². The highest BCUT2D eigenvalue weighted by Gasteiger charge is 2.18. The first kappa shape index (κ1) is 17.4. The van der Waals surface area contributed by atoms with Crippen LogP contribution in [0, 0.1) is 11.6 Å². The Morgan fingerprint density at radius 3 is 2.32 bits per heavy atom. The van der Waals surface area contributed by atoms with Crippen molar-refractivity contribution in [2.45, 2.75) is 0 Å². The molecule has 7 nitrogen and oxygen atoms in total. The number of urea groups is 1. The predicted octanol–water partition coefficient (Wildman–Crippen LogP) is 3.70. The number of primary amides is 1. The lowest BCUT2D eigenvalue weighted by molar-refractivity contribution is 0.256. The molecule has 0 saturated carbocycles. The maximum Gasteiger partial charge on any atom is 0.323 e. The van der Waals surface area contributed by atoms with E-state index in [0.717, 1.165) is 34.2 Å². The van der Waals surface area contributed by atoms with E-state index in [-0.39, 0.29) is 5.69 Å². The van der Waals surface area contributed by atoms with Gasteiger partial charge in [0.1, 0.15) is 17.5 Å². The Morgan fingerprint density at radius 2 is 1.68 bits per heavy atom. The van der Waals surface area contributed by atoms with Crippen molar-refractivity contribution >= 4 is 34.3 Å². The van der Waals surface area contributed by atoms with Crippen LogP contribution in [-0.2, 0) is 0 Å². The van der Waals surface area contributed by atoms with E-state index in [1.165, 1.54) is 0 Å². The van der Waals surface area contributed by atoms with E-state index in [2.05, 4.69) is 15.2 Å². The molecule has 0 spiro atoms. The van der Waals surface area contributed by atoms with Crippen molar-refractivity contribution < 1.29 is 13.6 Å². The number of nitrogens with zero attached hydrogens (tertiary/aromatic N) is 3. The summed E-state index contributed by atoms with van der Waals surface area (Å²) in [6.07, 6.45) is 1.61. The van der Waals surface area contributed by atoms with E-state index < -0.39 is 17.7 Å². The summed E-state index contributed by atoms with van der Waals surface area (Å²) in [6.45, 7) is 0. The number of carbonyl (C=O) groups is 1. The molecule has 4 rings (SSSR count). The second-order valence-electron chi connectivity index (χ2n) is 6.04. The molecule has 4 aromatic rings. The molecule has 2 aromatic heterocycles. The molecule has 28 heavy (non-hydrogen) atoms. The number of carbonyl (C=O) groups excluding carboxylic acids is 1. The number of benzene rings is 2. The van der Waals surface area contributed by atoms with Gasteiger partial charge in [0.2, 0.25) is 0 Å². The molecule has 0 bridgehead atoms. The van der Waals surface area contributed by atoms with E-state index in [1.807, 2.05) is 0 Å². The minimum atomic E-state index is -0.872. The Bertz CT molecular complexity index is 1170. The van der Waals surface area contributed by atoms with Gasteiger partial charge >= 0.3 is 6.03 Å². The van der Waals surface area contributed by atoms with Gasteiger partial charge in [0, 0.05) is 12.3 Å². The number of pyridine rings is 1. The summed E-state index contributed by atoms with van der Waals surface area (Å²) >= 11 is 0. The highest BCUT2D eigenvalue weighted by molar-refractivity contribution is 6.01. The normalized spacial score (nSPS) is 10.9. The Labute approximate surface area is 157 Å². The molecule has 0 aliphatic rings. The van der Waals surface area contributed by atoms with Crippen LogP contribution in [0.25, 0.3) is 22.2 Å². The number of aromatic amines is 1. The van der Waals surface area contributed by atoms with Gasteiger partial charge in [-0.2, -0.15) is 5.10 Å². The number of rotatable bonds is 3. The third-order valence-electron chi connectivity index (χ3n) is 4.24. The van der Waals surface area contributed by atoms with Crippen LogP contribution in [0.15, 0.2) is 54.7 Å². The number of halogens is 2. The van der Waals surface area contributed by atoms with E-state index in [4.69, 9.17) is 11.5 Å². The summed E-state index contributed by atoms with van der Waals surface area (Å²) in [5.74, 6) is -1.24. The fraction of sp³-hybridized carbons (Fsp3) is 0. The molecule has 140 valence electrons. The van der Waals surface area contributed by atoms with E-state index in [1.54, 1.807) is 36.5 Å². The Kier molecular flexibility index (Phi) is 4.11. The average molecular weight is 380 g/mol. The van der Waals surface area contributed by atoms with Gasteiger partial charge in [-0.05, 0) is 41.5 Å². The number of hydrogen-bond donors (Lipinski definition) is 3. The molecule has 0 unspecified atom stereocenters. The molecule has 5 N–H and O–H groups in total. The lowest BCUT2D eigenvalue weighted by atomic mass is 10.0. The predicted molar refractivity (Wildman–Crippen MR) is 102 cm³/mol. The van der Waals surface area contributed by atoms with E-state index in [9.17, 15) is 13.6 Å². The zero-order valence-corrected chi connectivity index (χ0v) is 14.4. The van der Waals surface area contributed by atoms with Gasteiger partial charge in [-0.25, -0.2) is 18.6 Å². The van der Waals surface area contributed by atoms with Crippen LogP contribution >= 0.6 is 0 Å². The lowest BCUT2D eigenvalue weighted by Gasteiger charge is -2.21. The Balaban J connectivity index is 1.77. The van der Waals surface area contributed by atoms with Crippen molar-refractivity contribution in [1.82, 2.24) is 15.2 Å². The van der Waals surface area contributed by atoms with Crippen molar-refractivity contribution in [3.05, 3.63) is 66.4 Å². The molecule has 0 saturated heterocycles. The molecule has 9 heteroatoms. The van der Waals surface area contributed by atoms with Gasteiger partial charge in [0.15, 0.2) is 5.65 Å². The lowest BCUT2D eigenvalue weighted by Crippen LogP contribution is -2.31. The molecule has 2 heterocycles. The van der Waals surface area contributed by atoms with Crippen molar-refractivity contribution in [2.24, 2.45) is 5.73 Å². The second-order valence-corrected chi connectivity index (χ2v) is 6.04. The molecule has 0 aliphatic carbocycles. The van der Waals surface area contributed by atoms with Crippen LogP contribution < -0.4 is 16.4 Å². The third-order valence-corrected chi connectivity index (χ3v) is 4.24. The number of H-pyrrole nitrogens is 1. The topological polar surface area (TPSA) is 114 Å². The summed E-state index contributed by atoms with van der Waals surface area (Å²) in [7, 11) is 0. The number of aromatic nitrogens is 3. The molecular formula is C19H14F2N6O. The second kappa shape index (κ2) is 6.62. The largest absolute Gasteiger partial charge is 0.383 e. The monoisotopic (exact) mass is 380 g/mol. The minimum Gasteiger partial charge on any atom is -0.383 e. The molecule has 0 aliphatic heterocycles. The zero-order chi connectivity index (χ0) is 19.8. The molecule has 2 amide bonds. The van der Waals surface area contributed by atoms with E-state index in [0.29, 0.717) is 22.5 Å². The van der Waals surface area contributed by atoms with Gasteiger partial charge in [-0.1, -0.05) is 12.1 Å². The summed E-state index contributed by atoms with van der Waals surface area (Å²) in [4.78, 5) is 17.1. The molecular weight excluding hydrogens is 366 g/mol. The SMILES string of the molecule is NC(=O)N(c1ccc(-c2ccnc3n[nH]c(N)c23)cc1)c1cc(F)cc(F)c1. The summed E-state index contributed by atoms with van der Waals surface area (Å²) in [5.41, 5.74) is 13.8. The number of hydrogen-bond acceptors (Lipinski definition) is 4. The molecule has 0 fully saturated rings. The number of nitrogens with two attached hydrogens (primary N) is 2. The summed E-state index contributed by atoms with van der Waals surface area (Å²) in [5, 5.41) is 7.39. The van der Waals surface area contributed by atoms with Gasteiger partial charge < -0.3 is 11.5 Å². The maximum absolute atomic E-state index is 13.6. The summed E-state index contributed by atoms with van der Waals surface area (Å²) < 4.78 is 27.1. The van der Waals surface area contributed by atoms with Crippen LogP contribution in [0.4, 0.5) is 30.8 Å². The maximum atomic E-state index is 13.6. The number of amides is 2. The number of fused-ring (bicyclic) bond motifs is 1. The molecule has 2 aromatic carbocycles. The first-order valence-corrected chi connectivity index (χ1v) is 8.18. The highest BCUT2D eigenvalue weighted by atomic mass is 19.1. The van der Waals surface area contributed by atoms with Crippen LogP contribution in [0.3, 0.4) is 0 Å². The highest BCUT2D eigenvalue weighted by Crippen LogP contribution is 2.33. The molecule has 0 radical (unpaired) electrons. The van der Waals surface area contributed by atoms with Crippen molar-refractivity contribution in [1.29, 1.82) is 0 Å². The van der Waals surface area contributed by atoms with Gasteiger partial charge in [-0.15, -0.1) is 0 Å². The first-order valence-electron chi connectivity index (χ1n) is 8.18. The van der Waals surface area contributed by atoms with Gasteiger partial charge in [0.05, 0.1) is 16.8 Å².